The van der Waals surface area contributed by atoms with Gasteiger partial charge >= 0.3 is 0 Å². The Morgan fingerprint density at radius 3 is 2.53 bits per heavy atom. The fourth-order valence-electron chi connectivity index (χ4n) is 2.25. The molecule has 2 N–H and O–H groups in total. The van der Waals surface area contributed by atoms with Crippen LogP contribution in [0, 0.1) is 6.92 Å². The Kier molecular flexibility index (Phi) is 5.69. The van der Waals surface area contributed by atoms with Crippen molar-refractivity contribution >= 4 is 23.0 Å². The minimum atomic E-state index is 0.349. The first-order valence-corrected chi connectivity index (χ1v) is 6.96. The van der Waals surface area contributed by atoms with Gasteiger partial charge in [0.2, 0.25) is 0 Å². The van der Waals surface area contributed by atoms with Crippen LogP contribution in [0.3, 0.4) is 0 Å². The SMILES string of the molecule is CCN(c1nc(C)ccc1C(N)=S)C(C)CN(C)C. The molecule has 0 saturated carbocycles. The maximum Gasteiger partial charge on any atom is 0.139 e. The Hall–Kier alpha value is -1.20. The molecule has 19 heavy (non-hydrogen) atoms. The zero-order valence-corrected chi connectivity index (χ0v) is 13.3. The summed E-state index contributed by atoms with van der Waals surface area (Å²) in [5.41, 5.74) is 7.64. The Balaban J connectivity index is 3.16. The van der Waals surface area contributed by atoms with Crippen LogP contribution in [0.25, 0.3) is 0 Å². The predicted octanol–water partition coefficient (Wildman–Crippen LogP) is 1.80. The number of nitrogens with zero attached hydrogens (tertiary/aromatic N) is 3. The maximum absolute atomic E-state index is 5.81. The van der Waals surface area contributed by atoms with Crippen molar-refractivity contribution in [2.24, 2.45) is 5.73 Å². The molecule has 1 rings (SSSR count). The van der Waals surface area contributed by atoms with Gasteiger partial charge in [0.1, 0.15) is 10.8 Å². The molecular weight excluding hydrogens is 256 g/mol. The van der Waals surface area contributed by atoms with E-state index >= 15 is 0 Å². The van der Waals surface area contributed by atoms with E-state index in [9.17, 15) is 0 Å². The molecule has 1 aromatic heterocycles. The van der Waals surface area contributed by atoms with Crippen molar-refractivity contribution in [3.8, 4) is 0 Å². The Bertz CT molecular complexity index is 445. The second-order valence-corrected chi connectivity index (χ2v) is 5.53. The van der Waals surface area contributed by atoms with E-state index in [0.717, 1.165) is 30.2 Å². The van der Waals surface area contributed by atoms with Crippen LogP contribution in [-0.4, -0.2) is 48.1 Å². The number of nitrogens with two attached hydrogens (primary N) is 1. The van der Waals surface area contributed by atoms with Gasteiger partial charge in [-0.15, -0.1) is 0 Å². The van der Waals surface area contributed by atoms with Crippen molar-refractivity contribution in [1.82, 2.24) is 9.88 Å². The molecule has 0 amide bonds. The van der Waals surface area contributed by atoms with Gasteiger partial charge in [-0.1, -0.05) is 12.2 Å². The first-order valence-electron chi connectivity index (χ1n) is 6.55. The number of hydrogen-bond acceptors (Lipinski definition) is 4. The molecule has 1 heterocycles. The fraction of sp³-hybridized carbons (Fsp3) is 0.571. The van der Waals surface area contributed by atoms with Gasteiger partial charge in [0, 0.05) is 24.8 Å². The normalized spacial score (nSPS) is 12.5. The van der Waals surface area contributed by atoms with E-state index in [-0.39, 0.29) is 0 Å². The number of rotatable bonds is 6. The third-order valence-electron chi connectivity index (χ3n) is 3.05. The number of thiocarbonyl (C=S) groups is 1. The van der Waals surface area contributed by atoms with Crippen molar-refractivity contribution in [1.29, 1.82) is 0 Å². The summed E-state index contributed by atoms with van der Waals surface area (Å²) in [6, 6.07) is 4.26. The van der Waals surface area contributed by atoms with Crippen LogP contribution < -0.4 is 10.6 Å². The summed E-state index contributed by atoms with van der Waals surface area (Å²) in [6.45, 7) is 8.13. The minimum Gasteiger partial charge on any atom is -0.389 e. The van der Waals surface area contributed by atoms with Crippen molar-refractivity contribution in [2.45, 2.75) is 26.8 Å². The smallest absolute Gasteiger partial charge is 0.139 e. The minimum absolute atomic E-state index is 0.349. The quantitative estimate of drug-likeness (QED) is 0.805. The van der Waals surface area contributed by atoms with Crippen LogP contribution in [-0.2, 0) is 0 Å². The van der Waals surface area contributed by atoms with Crippen molar-refractivity contribution in [3.63, 3.8) is 0 Å². The Labute approximate surface area is 121 Å². The van der Waals surface area contributed by atoms with E-state index in [1.54, 1.807) is 0 Å². The Morgan fingerprint density at radius 2 is 2.05 bits per heavy atom. The first-order chi connectivity index (χ1) is 8.86. The summed E-state index contributed by atoms with van der Waals surface area (Å²) >= 11 is 5.14. The highest BCUT2D eigenvalue weighted by atomic mass is 32.1. The van der Waals surface area contributed by atoms with Gasteiger partial charge < -0.3 is 15.5 Å². The van der Waals surface area contributed by atoms with Crippen LogP contribution in [0.4, 0.5) is 5.82 Å². The van der Waals surface area contributed by atoms with Gasteiger partial charge in [0.05, 0.1) is 5.56 Å². The molecule has 0 aliphatic rings. The number of aryl methyl sites for hydroxylation is 1. The molecule has 0 radical (unpaired) electrons. The van der Waals surface area contributed by atoms with Crippen LogP contribution in [0.2, 0.25) is 0 Å². The summed E-state index contributed by atoms with van der Waals surface area (Å²) in [7, 11) is 4.14. The van der Waals surface area contributed by atoms with Gasteiger partial charge in [0.15, 0.2) is 0 Å². The number of aromatic nitrogens is 1. The fourth-order valence-corrected chi connectivity index (χ4v) is 2.41. The number of hydrogen-bond donors (Lipinski definition) is 1. The van der Waals surface area contributed by atoms with E-state index in [0.29, 0.717) is 11.0 Å². The highest BCUT2D eigenvalue weighted by Crippen LogP contribution is 2.21. The van der Waals surface area contributed by atoms with Crippen LogP contribution >= 0.6 is 12.2 Å². The second-order valence-electron chi connectivity index (χ2n) is 5.09. The van der Waals surface area contributed by atoms with E-state index in [1.807, 2.05) is 19.1 Å². The molecular formula is C14H24N4S. The molecule has 1 aromatic rings. The lowest BCUT2D eigenvalue weighted by molar-refractivity contribution is 0.372. The molecule has 0 spiro atoms. The molecule has 0 fully saturated rings. The molecule has 106 valence electrons. The molecule has 0 saturated heterocycles. The molecule has 4 nitrogen and oxygen atoms in total. The zero-order valence-electron chi connectivity index (χ0n) is 12.5. The third kappa shape index (κ3) is 4.14. The monoisotopic (exact) mass is 280 g/mol. The van der Waals surface area contributed by atoms with E-state index in [1.165, 1.54) is 0 Å². The van der Waals surface area contributed by atoms with Gasteiger partial charge in [-0.2, -0.15) is 0 Å². The maximum atomic E-state index is 5.81. The summed E-state index contributed by atoms with van der Waals surface area (Å²) in [6.07, 6.45) is 0. The van der Waals surface area contributed by atoms with Crippen LogP contribution in [0.15, 0.2) is 12.1 Å². The molecule has 0 aliphatic heterocycles. The standard InChI is InChI=1S/C14H24N4S/c1-6-18(11(3)9-17(4)5)14-12(13(15)19)8-7-10(2)16-14/h7-8,11H,6,9H2,1-5H3,(H2,15,19). The first kappa shape index (κ1) is 15.9. The van der Waals surface area contributed by atoms with Gasteiger partial charge in [-0.05, 0) is 47.0 Å². The number of likely N-dealkylation sites (N-methyl/N-ethyl adjacent to an activating group) is 2. The summed E-state index contributed by atoms with van der Waals surface area (Å²) in [5.74, 6) is 0.893. The lowest BCUT2D eigenvalue weighted by atomic mass is 10.1. The van der Waals surface area contributed by atoms with Gasteiger partial charge in [-0.3, -0.25) is 0 Å². The summed E-state index contributed by atoms with van der Waals surface area (Å²) in [4.78, 5) is 9.46. The average Bonchev–Trinajstić information content (AvgIpc) is 2.28. The molecule has 0 aromatic carbocycles. The van der Waals surface area contributed by atoms with Crippen molar-refractivity contribution in [3.05, 3.63) is 23.4 Å². The lowest BCUT2D eigenvalue weighted by Crippen LogP contribution is -2.41. The zero-order chi connectivity index (χ0) is 14.6. The molecule has 1 unspecified atom stereocenters. The predicted molar refractivity (Wildman–Crippen MR) is 85.9 cm³/mol. The van der Waals surface area contributed by atoms with Crippen molar-refractivity contribution < 1.29 is 0 Å². The van der Waals surface area contributed by atoms with Crippen LogP contribution in [0.5, 0.6) is 0 Å². The number of pyridine rings is 1. The van der Waals surface area contributed by atoms with E-state index in [4.69, 9.17) is 18.0 Å². The van der Waals surface area contributed by atoms with E-state index in [2.05, 4.69) is 42.7 Å². The largest absolute Gasteiger partial charge is 0.389 e. The molecule has 5 heteroatoms. The third-order valence-corrected chi connectivity index (χ3v) is 3.27. The summed E-state index contributed by atoms with van der Waals surface area (Å²) in [5, 5.41) is 0. The second kappa shape index (κ2) is 6.82. The molecule has 0 bridgehead atoms. The highest BCUT2D eigenvalue weighted by molar-refractivity contribution is 7.80. The van der Waals surface area contributed by atoms with Gasteiger partial charge in [-0.25, -0.2) is 4.98 Å². The highest BCUT2D eigenvalue weighted by Gasteiger charge is 2.19. The van der Waals surface area contributed by atoms with Gasteiger partial charge in [0.25, 0.3) is 0 Å². The van der Waals surface area contributed by atoms with Crippen molar-refractivity contribution in [2.75, 3.05) is 32.1 Å². The topological polar surface area (TPSA) is 45.4 Å². The van der Waals surface area contributed by atoms with Crippen LogP contribution in [0.1, 0.15) is 25.1 Å². The molecule has 0 aliphatic carbocycles. The Morgan fingerprint density at radius 1 is 1.42 bits per heavy atom. The average molecular weight is 280 g/mol. The molecule has 1 atom stereocenters. The number of anilines is 1. The van der Waals surface area contributed by atoms with E-state index < -0.39 is 0 Å². The summed E-state index contributed by atoms with van der Waals surface area (Å²) < 4.78 is 0. The lowest BCUT2D eigenvalue weighted by Gasteiger charge is -2.32.